The van der Waals surface area contributed by atoms with Gasteiger partial charge in [-0.25, -0.2) is 4.63 Å². The molecule has 3 rings (SSSR count). The molecule has 0 aliphatic rings. The molecule has 0 aliphatic carbocycles. The smallest absolute Gasteiger partial charge is 0.268 e. The highest BCUT2D eigenvalue weighted by Gasteiger charge is 2.20. The zero-order valence-corrected chi connectivity index (χ0v) is 12.8. The van der Waals surface area contributed by atoms with Gasteiger partial charge >= 0.3 is 0 Å². The number of benzene rings is 1. The lowest BCUT2D eigenvalue weighted by Crippen LogP contribution is -2.14. The first-order valence-electron chi connectivity index (χ1n) is 6.15. The molecule has 0 unspecified atom stereocenters. The number of carbonyl (C=O) groups excluding carboxylic acids is 2. The molecular formula is C13H9ClN4O3S. The molecule has 9 heteroatoms. The van der Waals surface area contributed by atoms with Crippen molar-refractivity contribution < 1.29 is 14.2 Å². The minimum atomic E-state index is -0.450. The van der Waals surface area contributed by atoms with E-state index in [0.717, 1.165) is 10.1 Å². The number of rotatable bonds is 3. The fourth-order valence-corrected chi connectivity index (χ4v) is 3.26. The summed E-state index contributed by atoms with van der Waals surface area (Å²) in [5.74, 6) is -0.744. The van der Waals surface area contributed by atoms with Crippen molar-refractivity contribution in [2.24, 2.45) is 0 Å². The molecule has 2 amide bonds. The SMILES string of the molecule is CC(=O)Nc1nonc1NC(=O)c1sc2ccccc2c1Cl. The number of amides is 2. The largest absolute Gasteiger partial charge is 0.305 e. The van der Waals surface area contributed by atoms with Crippen molar-refractivity contribution in [2.45, 2.75) is 6.92 Å². The minimum Gasteiger partial charge on any atom is -0.305 e. The highest BCUT2D eigenvalue weighted by molar-refractivity contribution is 7.21. The van der Waals surface area contributed by atoms with Gasteiger partial charge in [0.1, 0.15) is 4.88 Å². The topological polar surface area (TPSA) is 97.1 Å². The third-order valence-electron chi connectivity index (χ3n) is 2.76. The van der Waals surface area contributed by atoms with Gasteiger partial charge in [-0.15, -0.1) is 11.3 Å². The number of halogens is 1. The summed E-state index contributed by atoms with van der Waals surface area (Å²) in [4.78, 5) is 23.7. The van der Waals surface area contributed by atoms with Crippen LogP contribution in [-0.4, -0.2) is 22.1 Å². The Morgan fingerprint density at radius 1 is 1.18 bits per heavy atom. The van der Waals surface area contributed by atoms with Crippen LogP contribution in [0.15, 0.2) is 28.9 Å². The lowest BCUT2D eigenvalue weighted by molar-refractivity contribution is -0.114. The van der Waals surface area contributed by atoms with Gasteiger partial charge in [0.15, 0.2) is 0 Å². The number of hydrogen-bond acceptors (Lipinski definition) is 6. The van der Waals surface area contributed by atoms with Crippen molar-refractivity contribution in [1.82, 2.24) is 10.3 Å². The molecule has 0 spiro atoms. The third kappa shape index (κ3) is 2.66. The molecule has 112 valence electrons. The molecule has 7 nitrogen and oxygen atoms in total. The molecule has 0 aliphatic heterocycles. The first-order valence-corrected chi connectivity index (χ1v) is 7.34. The summed E-state index contributed by atoms with van der Waals surface area (Å²) in [6.07, 6.45) is 0. The number of carbonyl (C=O) groups is 2. The molecule has 0 fully saturated rings. The number of aromatic nitrogens is 2. The molecule has 0 bridgehead atoms. The van der Waals surface area contributed by atoms with Crippen molar-refractivity contribution >= 4 is 56.5 Å². The Morgan fingerprint density at radius 2 is 1.86 bits per heavy atom. The predicted octanol–water partition coefficient (Wildman–Crippen LogP) is 3.15. The lowest BCUT2D eigenvalue weighted by Gasteiger charge is -2.01. The van der Waals surface area contributed by atoms with E-state index in [9.17, 15) is 9.59 Å². The fraction of sp³-hybridized carbons (Fsp3) is 0.0769. The number of anilines is 2. The van der Waals surface area contributed by atoms with Crippen LogP contribution >= 0.6 is 22.9 Å². The van der Waals surface area contributed by atoms with Crippen LogP contribution in [0.3, 0.4) is 0 Å². The van der Waals surface area contributed by atoms with Gasteiger partial charge < -0.3 is 5.32 Å². The molecular weight excluding hydrogens is 328 g/mol. The van der Waals surface area contributed by atoms with Crippen LogP contribution in [-0.2, 0) is 4.79 Å². The summed E-state index contributed by atoms with van der Waals surface area (Å²) in [7, 11) is 0. The van der Waals surface area contributed by atoms with Crippen LogP contribution in [0.4, 0.5) is 11.6 Å². The van der Waals surface area contributed by atoms with Crippen molar-refractivity contribution in [2.75, 3.05) is 10.6 Å². The maximum Gasteiger partial charge on any atom is 0.268 e. The van der Waals surface area contributed by atoms with Crippen molar-refractivity contribution in [3.05, 3.63) is 34.2 Å². The Kier molecular flexibility index (Phi) is 3.78. The molecule has 2 aromatic heterocycles. The van der Waals surface area contributed by atoms with Crippen LogP contribution in [0.25, 0.3) is 10.1 Å². The molecule has 0 saturated heterocycles. The van der Waals surface area contributed by atoms with E-state index in [2.05, 4.69) is 25.6 Å². The van der Waals surface area contributed by atoms with Crippen LogP contribution in [0.2, 0.25) is 5.02 Å². The van der Waals surface area contributed by atoms with E-state index in [0.29, 0.717) is 9.90 Å². The molecule has 1 aromatic carbocycles. The second-order valence-corrected chi connectivity index (χ2v) is 5.77. The molecule has 0 atom stereocenters. The van der Waals surface area contributed by atoms with E-state index < -0.39 is 5.91 Å². The van der Waals surface area contributed by atoms with E-state index in [1.165, 1.54) is 18.3 Å². The van der Waals surface area contributed by atoms with Crippen LogP contribution < -0.4 is 10.6 Å². The van der Waals surface area contributed by atoms with Crippen LogP contribution in [0.5, 0.6) is 0 Å². The fourth-order valence-electron chi connectivity index (χ4n) is 1.84. The minimum absolute atomic E-state index is 0.0220. The highest BCUT2D eigenvalue weighted by Crippen LogP contribution is 2.35. The van der Waals surface area contributed by atoms with E-state index in [4.69, 9.17) is 11.6 Å². The molecule has 0 saturated carbocycles. The van der Waals surface area contributed by atoms with Gasteiger partial charge in [-0.05, 0) is 16.4 Å². The molecule has 2 N–H and O–H groups in total. The van der Waals surface area contributed by atoms with Gasteiger partial charge in [0, 0.05) is 17.0 Å². The Hall–Kier alpha value is -2.45. The number of fused-ring (bicyclic) bond motifs is 1. The van der Waals surface area contributed by atoms with Gasteiger partial charge in [-0.3, -0.25) is 14.9 Å². The van der Waals surface area contributed by atoms with Crippen LogP contribution in [0, 0.1) is 0 Å². The molecule has 3 aromatic rings. The van der Waals surface area contributed by atoms with Gasteiger partial charge in [0.05, 0.1) is 5.02 Å². The molecule has 0 radical (unpaired) electrons. The van der Waals surface area contributed by atoms with E-state index in [-0.39, 0.29) is 17.5 Å². The van der Waals surface area contributed by atoms with E-state index >= 15 is 0 Å². The summed E-state index contributed by atoms with van der Waals surface area (Å²) >= 11 is 7.50. The van der Waals surface area contributed by atoms with Gasteiger partial charge in [0.25, 0.3) is 5.91 Å². The summed E-state index contributed by atoms with van der Waals surface area (Å²) in [5, 5.41) is 13.1. The van der Waals surface area contributed by atoms with E-state index in [1.807, 2.05) is 24.3 Å². The Bertz CT molecular complexity index is 873. The first-order chi connectivity index (χ1) is 10.6. The maximum absolute atomic E-state index is 12.3. The predicted molar refractivity (Wildman–Crippen MR) is 83.4 cm³/mol. The number of hydrogen-bond donors (Lipinski definition) is 2. The zero-order chi connectivity index (χ0) is 15.7. The van der Waals surface area contributed by atoms with Crippen molar-refractivity contribution in [3.63, 3.8) is 0 Å². The average molecular weight is 337 g/mol. The van der Waals surface area contributed by atoms with E-state index in [1.54, 1.807) is 0 Å². The number of thiophene rings is 1. The number of nitrogens with one attached hydrogen (secondary N) is 2. The second-order valence-electron chi connectivity index (χ2n) is 4.34. The van der Waals surface area contributed by atoms with Gasteiger partial charge in [0.2, 0.25) is 17.5 Å². The standard InChI is InChI=1S/C13H9ClN4O3S/c1-6(19)15-11-12(18-21-17-11)16-13(20)10-9(14)7-4-2-3-5-8(7)22-10/h2-5H,1H3,(H,15,17,19)(H,16,18,20). The number of nitrogens with zero attached hydrogens (tertiary/aromatic N) is 2. The van der Waals surface area contributed by atoms with Crippen molar-refractivity contribution in [3.8, 4) is 0 Å². The normalized spacial score (nSPS) is 10.6. The third-order valence-corrected chi connectivity index (χ3v) is 4.43. The lowest BCUT2D eigenvalue weighted by atomic mass is 10.2. The maximum atomic E-state index is 12.3. The van der Waals surface area contributed by atoms with Gasteiger partial charge in [-0.2, -0.15) is 0 Å². The zero-order valence-electron chi connectivity index (χ0n) is 11.2. The van der Waals surface area contributed by atoms with Crippen LogP contribution in [0.1, 0.15) is 16.6 Å². The van der Waals surface area contributed by atoms with Gasteiger partial charge in [-0.1, -0.05) is 29.8 Å². The average Bonchev–Trinajstić information content (AvgIpc) is 3.04. The Morgan fingerprint density at radius 3 is 2.55 bits per heavy atom. The Labute approximate surface area is 133 Å². The summed E-state index contributed by atoms with van der Waals surface area (Å²) in [6.45, 7) is 1.31. The molecule has 2 heterocycles. The molecule has 22 heavy (non-hydrogen) atoms. The first kappa shape index (κ1) is 14.5. The summed E-state index contributed by atoms with van der Waals surface area (Å²) < 4.78 is 5.41. The monoisotopic (exact) mass is 336 g/mol. The summed E-state index contributed by atoms with van der Waals surface area (Å²) in [6, 6.07) is 7.43. The second kappa shape index (κ2) is 5.74. The highest BCUT2D eigenvalue weighted by atomic mass is 35.5. The summed E-state index contributed by atoms with van der Waals surface area (Å²) in [5.41, 5.74) is 0. The Balaban J connectivity index is 1.89. The quantitative estimate of drug-likeness (QED) is 0.765. The van der Waals surface area contributed by atoms with Crippen molar-refractivity contribution in [1.29, 1.82) is 0 Å².